The summed E-state index contributed by atoms with van der Waals surface area (Å²) in [5.74, 6) is 0.0921. The molecule has 1 atom stereocenters. The summed E-state index contributed by atoms with van der Waals surface area (Å²) in [6.45, 7) is 1.40. The minimum atomic E-state index is -0.767. The summed E-state index contributed by atoms with van der Waals surface area (Å²) < 4.78 is 5.13. The van der Waals surface area contributed by atoms with Crippen LogP contribution in [0.15, 0.2) is 29.0 Å². The number of hydrogen-bond acceptors (Lipinski definition) is 4. The first kappa shape index (κ1) is 7.91. The highest BCUT2D eigenvalue weighted by atomic mass is 16.5. The number of fused-ring (bicyclic) bond motifs is 1. The fraction of sp³-hybridized carbons (Fsp3) is 0.222. The predicted molar refractivity (Wildman–Crippen MR) is 45.2 cm³/mol. The SMILES string of the molecule is CC(=O)C1N=C2C=CC(=O)C=C2O1. The summed E-state index contributed by atoms with van der Waals surface area (Å²) in [6.07, 6.45) is 3.52. The Kier molecular flexibility index (Phi) is 1.62. The maximum absolute atomic E-state index is 10.9. The molecule has 0 radical (unpaired) electrons. The molecular weight excluding hydrogens is 170 g/mol. The van der Waals surface area contributed by atoms with Crippen LogP contribution in [0.3, 0.4) is 0 Å². The molecule has 0 N–H and O–H groups in total. The third-order valence-electron chi connectivity index (χ3n) is 1.77. The Labute approximate surface area is 74.6 Å². The first-order valence-corrected chi connectivity index (χ1v) is 3.86. The minimum absolute atomic E-state index is 0.141. The van der Waals surface area contributed by atoms with E-state index in [1.807, 2.05) is 0 Å². The van der Waals surface area contributed by atoms with Crippen molar-refractivity contribution in [2.45, 2.75) is 13.2 Å². The van der Waals surface area contributed by atoms with Crippen molar-refractivity contribution in [2.24, 2.45) is 4.99 Å². The molecule has 4 heteroatoms. The second-order valence-electron chi connectivity index (χ2n) is 2.84. The van der Waals surface area contributed by atoms with Gasteiger partial charge in [0.25, 0.3) is 0 Å². The summed E-state index contributed by atoms with van der Waals surface area (Å²) in [6, 6.07) is 0. The van der Waals surface area contributed by atoms with E-state index in [2.05, 4.69) is 4.99 Å². The van der Waals surface area contributed by atoms with Gasteiger partial charge in [0.15, 0.2) is 17.3 Å². The van der Waals surface area contributed by atoms with Crippen LogP contribution in [-0.2, 0) is 14.3 Å². The maximum atomic E-state index is 10.9. The topological polar surface area (TPSA) is 55.7 Å². The van der Waals surface area contributed by atoms with Gasteiger partial charge in [0.05, 0.1) is 0 Å². The normalized spacial score (nSPS) is 24.7. The fourth-order valence-corrected chi connectivity index (χ4v) is 1.14. The maximum Gasteiger partial charge on any atom is 0.249 e. The highest BCUT2D eigenvalue weighted by molar-refractivity contribution is 6.19. The lowest BCUT2D eigenvalue weighted by Crippen LogP contribution is -2.14. The number of carbonyl (C=O) groups is 2. The number of Topliss-reactive ketones (excluding diaryl/α,β-unsaturated/α-hetero) is 1. The van der Waals surface area contributed by atoms with Crippen molar-refractivity contribution < 1.29 is 14.3 Å². The number of ketones is 2. The van der Waals surface area contributed by atoms with Gasteiger partial charge in [-0.15, -0.1) is 0 Å². The number of hydrogen-bond donors (Lipinski definition) is 0. The van der Waals surface area contributed by atoms with E-state index in [9.17, 15) is 9.59 Å². The third-order valence-corrected chi connectivity index (χ3v) is 1.77. The van der Waals surface area contributed by atoms with Crippen LogP contribution >= 0.6 is 0 Å². The lowest BCUT2D eigenvalue weighted by molar-refractivity contribution is -0.124. The first-order chi connectivity index (χ1) is 6.16. The lowest BCUT2D eigenvalue weighted by Gasteiger charge is -2.05. The van der Waals surface area contributed by atoms with E-state index in [0.717, 1.165) is 0 Å². The Morgan fingerprint density at radius 1 is 1.54 bits per heavy atom. The molecule has 0 aromatic rings. The summed E-state index contributed by atoms with van der Waals surface area (Å²) in [4.78, 5) is 25.8. The highest BCUT2D eigenvalue weighted by Gasteiger charge is 2.27. The van der Waals surface area contributed by atoms with Gasteiger partial charge in [-0.1, -0.05) is 0 Å². The molecular formula is C9H7NO3. The van der Waals surface area contributed by atoms with Crippen LogP contribution in [-0.4, -0.2) is 23.5 Å². The van der Waals surface area contributed by atoms with E-state index >= 15 is 0 Å². The molecule has 0 amide bonds. The standard InChI is InChI=1S/C9H7NO3/c1-5(11)9-10-7-3-2-6(12)4-8(7)13-9/h2-4,9H,1H3. The number of allylic oxidation sites excluding steroid dienone is 3. The molecule has 0 bridgehead atoms. The average Bonchev–Trinajstić information content (AvgIpc) is 2.46. The van der Waals surface area contributed by atoms with E-state index in [-0.39, 0.29) is 11.6 Å². The Morgan fingerprint density at radius 2 is 2.31 bits per heavy atom. The predicted octanol–water partition coefficient (Wildman–Crippen LogP) is 0.395. The molecule has 13 heavy (non-hydrogen) atoms. The van der Waals surface area contributed by atoms with Crippen LogP contribution in [0, 0.1) is 0 Å². The molecule has 1 aliphatic heterocycles. The molecule has 0 saturated heterocycles. The second kappa shape index (κ2) is 2.65. The van der Waals surface area contributed by atoms with E-state index in [4.69, 9.17) is 4.74 Å². The summed E-state index contributed by atoms with van der Waals surface area (Å²) in [7, 11) is 0. The smallest absolute Gasteiger partial charge is 0.249 e. The van der Waals surface area contributed by atoms with Gasteiger partial charge in [0, 0.05) is 13.0 Å². The Morgan fingerprint density at radius 3 is 3.00 bits per heavy atom. The molecule has 0 aromatic heterocycles. The second-order valence-corrected chi connectivity index (χ2v) is 2.84. The van der Waals surface area contributed by atoms with Gasteiger partial charge in [-0.05, 0) is 12.2 Å². The molecule has 1 aliphatic carbocycles. The molecule has 1 heterocycles. The van der Waals surface area contributed by atoms with Crippen LogP contribution in [0.1, 0.15) is 6.92 Å². The number of aliphatic imine (C=N–C) groups is 1. The molecule has 2 aliphatic rings. The number of nitrogens with zero attached hydrogens (tertiary/aromatic N) is 1. The molecule has 0 spiro atoms. The van der Waals surface area contributed by atoms with Gasteiger partial charge in [0.1, 0.15) is 5.71 Å². The van der Waals surface area contributed by atoms with E-state index in [1.54, 1.807) is 6.08 Å². The van der Waals surface area contributed by atoms with E-state index < -0.39 is 6.23 Å². The molecule has 1 unspecified atom stereocenters. The van der Waals surface area contributed by atoms with E-state index in [0.29, 0.717) is 11.5 Å². The summed E-state index contributed by atoms with van der Waals surface area (Å²) >= 11 is 0. The van der Waals surface area contributed by atoms with Crippen molar-refractivity contribution in [3.8, 4) is 0 Å². The largest absolute Gasteiger partial charge is 0.459 e. The molecule has 0 aromatic carbocycles. The fourth-order valence-electron chi connectivity index (χ4n) is 1.14. The number of ether oxygens (including phenoxy) is 1. The van der Waals surface area contributed by atoms with Gasteiger partial charge >= 0.3 is 0 Å². The van der Waals surface area contributed by atoms with Crippen molar-refractivity contribution in [1.82, 2.24) is 0 Å². The average molecular weight is 177 g/mol. The number of rotatable bonds is 1. The van der Waals surface area contributed by atoms with Crippen molar-refractivity contribution in [2.75, 3.05) is 0 Å². The van der Waals surface area contributed by atoms with Gasteiger partial charge in [-0.25, -0.2) is 4.99 Å². The third kappa shape index (κ3) is 1.30. The molecule has 2 rings (SSSR count). The van der Waals surface area contributed by atoms with Gasteiger partial charge in [-0.3, -0.25) is 9.59 Å². The molecule has 0 fully saturated rings. The zero-order valence-electron chi connectivity index (χ0n) is 6.98. The van der Waals surface area contributed by atoms with Gasteiger partial charge in [0.2, 0.25) is 6.23 Å². The Bertz CT molecular complexity index is 376. The zero-order chi connectivity index (χ0) is 9.42. The Balaban J connectivity index is 2.31. The quantitative estimate of drug-likeness (QED) is 0.544. The van der Waals surface area contributed by atoms with Crippen molar-refractivity contribution in [3.63, 3.8) is 0 Å². The Hall–Kier alpha value is -1.71. The van der Waals surface area contributed by atoms with Crippen LogP contribution in [0.2, 0.25) is 0 Å². The number of carbonyl (C=O) groups excluding carboxylic acids is 2. The zero-order valence-corrected chi connectivity index (χ0v) is 6.98. The molecule has 66 valence electrons. The minimum Gasteiger partial charge on any atom is -0.459 e. The van der Waals surface area contributed by atoms with E-state index in [1.165, 1.54) is 19.1 Å². The lowest BCUT2D eigenvalue weighted by atomic mass is 10.1. The van der Waals surface area contributed by atoms with Gasteiger partial charge < -0.3 is 4.74 Å². The van der Waals surface area contributed by atoms with Crippen LogP contribution in [0.5, 0.6) is 0 Å². The van der Waals surface area contributed by atoms with Crippen molar-refractivity contribution in [1.29, 1.82) is 0 Å². The molecule has 0 saturated carbocycles. The highest BCUT2D eigenvalue weighted by Crippen LogP contribution is 2.20. The summed E-state index contributed by atoms with van der Waals surface area (Å²) in [5.41, 5.74) is 0.569. The summed E-state index contributed by atoms with van der Waals surface area (Å²) in [5, 5.41) is 0. The van der Waals surface area contributed by atoms with Crippen LogP contribution in [0.25, 0.3) is 0 Å². The van der Waals surface area contributed by atoms with Crippen LogP contribution < -0.4 is 0 Å². The van der Waals surface area contributed by atoms with Gasteiger partial charge in [-0.2, -0.15) is 0 Å². The first-order valence-electron chi connectivity index (χ1n) is 3.86. The molecule has 4 nitrogen and oxygen atoms in total. The van der Waals surface area contributed by atoms with Crippen LogP contribution in [0.4, 0.5) is 0 Å². The van der Waals surface area contributed by atoms with Crippen molar-refractivity contribution in [3.05, 3.63) is 24.0 Å². The monoisotopic (exact) mass is 177 g/mol. The van der Waals surface area contributed by atoms with Crippen molar-refractivity contribution >= 4 is 17.3 Å².